The second-order valence-corrected chi connectivity index (χ2v) is 3.85. The Labute approximate surface area is 101 Å². The van der Waals surface area contributed by atoms with Crippen molar-refractivity contribution < 1.29 is 9.53 Å². The van der Waals surface area contributed by atoms with Gasteiger partial charge in [0.1, 0.15) is 6.54 Å². The van der Waals surface area contributed by atoms with Gasteiger partial charge < -0.3 is 15.8 Å². The molecule has 0 spiro atoms. The van der Waals surface area contributed by atoms with Crippen LogP contribution in [0.5, 0.6) is 0 Å². The predicted molar refractivity (Wildman–Crippen MR) is 64.5 cm³/mol. The highest BCUT2D eigenvalue weighted by Crippen LogP contribution is 2.11. The van der Waals surface area contributed by atoms with Crippen LogP contribution < -0.4 is 11.1 Å². The van der Waals surface area contributed by atoms with E-state index in [2.05, 4.69) is 10.4 Å². The summed E-state index contributed by atoms with van der Waals surface area (Å²) in [5.41, 5.74) is 8.47. The SMILES string of the molecule is COCCNC(=O)Cn1nc(C)c(CN)c1C. The van der Waals surface area contributed by atoms with Gasteiger partial charge in [-0.25, -0.2) is 0 Å². The monoisotopic (exact) mass is 240 g/mol. The molecule has 3 N–H and O–H groups in total. The molecule has 0 saturated heterocycles. The smallest absolute Gasteiger partial charge is 0.241 e. The number of hydrogen-bond acceptors (Lipinski definition) is 4. The maximum absolute atomic E-state index is 11.6. The lowest BCUT2D eigenvalue weighted by Crippen LogP contribution is -2.31. The van der Waals surface area contributed by atoms with Gasteiger partial charge in [-0.3, -0.25) is 9.48 Å². The molecule has 1 heterocycles. The van der Waals surface area contributed by atoms with Crippen molar-refractivity contribution in [3.05, 3.63) is 17.0 Å². The third-order valence-electron chi connectivity index (χ3n) is 2.66. The van der Waals surface area contributed by atoms with Crippen LogP contribution in [0.4, 0.5) is 0 Å². The summed E-state index contributed by atoms with van der Waals surface area (Å²) in [6.07, 6.45) is 0. The molecule has 0 aliphatic carbocycles. The average Bonchev–Trinajstić information content (AvgIpc) is 2.54. The molecule has 0 atom stereocenters. The van der Waals surface area contributed by atoms with Crippen LogP contribution in [0.25, 0.3) is 0 Å². The van der Waals surface area contributed by atoms with Crippen LogP contribution in [0.3, 0.4) is 0 Å². The van der Waals surface area contributed by atoms with Crippen molar-refractivity contribution in [2.45, 2.75) is 26.9 Å². The van der Waals surface area contributed by atoms with Gasteiger partial charge >= 0.3 is 0 Å². The molecule has 0 aromatic carbocycles. The van der Waals surface area contributed by atoms with Gasteiger partial charge in [0.15, 0.2) is 0 Å². The van der Waals surface area contributed by atoms with Gasteiger partial charge in [0.25, 0.3) is 0 Å². The number of ether oxygens (including phenoxy) is 1. The molecule has 6 heteroatoms. The predicted octanol–water partition coefficient (Wildman–Crippen LogP) is -0.279. The van der Waals surface area contributed by atoms with E-state index in [1.165, 1.54) is 0 Å². The number of nitrogens with one attached hydrogen (secondary N) is 1. The molecule has 0 bridgehead atoms. The van der Waals surface area contributed by atoms with Crippen molar-refractivity contribution in [1.29, 1.82) is 0 Å². The van der Waals surface area contributed by atoms with E-state index in [4.69, 9.17) is 10.5 Å². The van der Waals surface area contributed by atoms with Crippen LogP contribution in [0, 0.1) is 13.8 Å². The molecule has 6 nitrogen and oxygen atoms in total. The van der Waals surface area contributed by atoms with Crippen LogP contribution in [0.15, 0.2) is 0 Å². The maximum Gasteiger partial charge on any atom is 0.241 e. The second-order valence-electron chi connectivity index (χ2n) is 3.85. The second kappa shape index (κ2) is 6.36. The summed E-state index contributed by atoms with van der Waals surface area (Å²) in [4.78, 5) is 11.6. The van der Waals surface area contributed by atoms with Crippen LogP contribution in [0.2, 0.25) is 0 Å². The van der Waals surface area contributed by atoms with E-state index < -0.39 is 0 Å². The van der Waals surface area contributed by atoms with Gasteiger partial charge in [0.05, 0.1) is 12.3 Å². The molecular weight excluding hydrogens is 220 g/mol. The van der Waals surface area contributed by atoms with Crippen molar-refractivity contribution in [3.8, 4) is 0 Å². The Balaban J connectivity index is 2.59. The summed E-state index contributed by atoms with van der Waals surface area (Å²) in [5.74, 6) is -0.0729. The number of carbonyl (C=O) groups excluding carboxylic acids is 1. The highest BCUT2D eigenvalue weighted by atomic mass is 16.5. The summed E-state index contributed by atoms with van der Waals surface area (Å²) in [6.45, 7) is 5.51. The van der Waals surface area contributed by atoms with Crippen molar-refractivity contribution >= 4 is 5.91 Å². The summed E-state index contributed by atoms with van der Waals surface area (Å²) in [5, 5.41) is 7.04. The lowest BCUT2D eigenvalue weighted by atomic mass is 10.2. The quantitative estimate of drug-likeness (QED) is 0.670. The zero-order chi connectivity index (χ0) is 12.8. The van der Waals surface area contributed by atoms with E-state index in [-0.39, 0.29) is 12.5 Å². The first-order chi connectivity index (χ1) is 8.10. The van der Waals surface area contributed by atoms with Gasteiger partial charge in [-0.05, 0) is 13.8 Å². The van der Waals surface area contributed by atoms with Crippen molar-refractivity contribution in [2.24, 2.45) is 5.73 Å². The standard InChI is InChI=1S/C11H20N4O2/c1-8-10(6-12)9(2)15(14-8)7-11(16)13-4-5-17-3/h4-7,12H2,1-3H3,(H,13,16). The summed E-state index contributed by atoms with van der Waals surface area (Å²) in [6, 6.07) is 0. The molecule has 96 valence electrons. The maximum atomic E-state index is 11.6. The summed E-state index contributed by atoms with van der Waals surface area (Å²) >= 11 is 0. The van der Waals surface area contributed by atoms with Crippen LogP contribution >= 0.6 is 0 Å². The van der Waals surface area contributed by atoms with Crippen LogP contribution in [-0.4, -0.2) is 35.9 Å². The summed E-state index contributed by atoms with van der Waals surface area (Å²) in [7, 11) is 1.60. The number of hydrogen-bond donors (Lipinski definition) is 2. The van der Waals surface area contributed by atoms with Crippen molar-refractivity contribution in [3.63, 3.8) is 0 Å². The third kappa shape index (κ3) is 3.54. The Hall–Kier alpha value is -1.40. The van der Waals surface area contributed by atoms with E-state index in [9.17, 15) is 4.79 Å². The first-order valence-electron chi connectivity index (χ1n) is 5.58. The average molecular weight is 240 g/mol. The van der Waals surface area contributed by atoms with E-state index in [1.807, 2.05) is 13.8 Å². The highest BCUT2D eigenvalue weighted by Gasteiger charge is 2.12. The lowest BCUT2D eigenvalue weighted by molar-refractivity contribution is -0.122. The Morgan fingerprint density at radius 3 is 2.76 bits per heavy atom. The molecule has 0 radical (unpaired) electrons. The molecule has 1 amide bonds. The minimum Gasteiger partial charge on any atom is -0.383 e. The normalized spacial score (nSPS) is 10.6. The Morgan fingerprint density at radius 1 is 1.53 bits per heavy atom. The number of rotatable bonds is 6. The van der Waals surface area contributed by atoms with Gasteiger partial charge in [-0.1, -0.05) is 0 Å². The van der Waals surface area contributed by atoms with Crippen molar-refractivity contribution in [2.75, 3.05) is 20.3 Å². The third-order valence-corrected chi connectivity index (χ3v) is 2.66. The number of amides is 1. The number of nitrogens with two attached hydrogens (primary N) is 1. The molecular formula is C11H20N4O2. The van der Waals surface area contributed by atoms with Crippen molar-refractivity contribution in [1.82, 2.24) is 15.1 Å². The van der Waals surface area contributed by atoms with E-state index in [0.717, 1.165) is 17.0 Å². The fraction of sp³-hybridized carbons (Fsp3) is 0.636. The molecule has 0 saturated carbocycles. The molecule has 1 aromatic rings. The summed E-state index contributed by atoms with van der Waals surface area (Å²) < 4.78 is 6.53. The van der Waals surface area contributed by atoms with Gasteiger partial charge in [0.2, 0.25) is 5.91 Å². The Morgan fingerprint density at radius 2 is 2.24 bits per heavy atom. The zero-order valence-corrected chi connectivity index (χ0v) is 10.6. The molecule has 0 fully saturated rings. The fourth-order valence-corrected chi connectivity index (χ4v) is 1.67. The van der Waals surface area contributed by atoms with E-state index >= 15 is 0 Å². The van der Waals surface area contributed by atoms with E-state index in [0.29, 0.717) is 19.7 Å². The minimum atomic E-state index is -0.0729. The number of nitrogens with zero attached hydrogens (tertiary/aromatic N) is 2. The first-order valence-corrected chi connectivity index (χ1v) is 5.58. The Kier molecular flexibility index (Phi) is 5.11. The van der Waals surface area contributed by atoms with Gasteiger partial charge in [-0.2, -0.15) is 5.10 Å². The molecule has 0 aliphatic rings. The first kappa shape index (κ1) is 13.7. The highest BCUT2D eigenvalue weighted by molar-refractivity contribution is 5.75. The molecule has 0 unspecified atom stereocenters. The molecule has 1 aromatic heterocycles. The molecule has 0 aliphatic heterocycles. The number of aryl methyl sites for hydroxylation is 1. The Bertz CT molecular complexity index is 387. The molecule has 1 rings (SSSR count). The fourth-order valence-electron chi connectivity index (χ4n) is 1.67. The lowest BCUT2D eigenvalue weighted by Gasteiger charge is -2.06. The number of aromatic nitrogens is 2. The zero-order valence-electron chi connectivity index (χ0n) is 10.6. The van der Waals surface area contributed by atoms with Crippen LogP contribution in [0.1, 0.15) is 17.0 Å². The van der Waals surface area contributed by atoms with Gasteiger partial charge in [-0.15, -0.1) is 0 Å². The number of carbonyl (C=O) groups is 1. The number of methoxy groups -OCH3 is 1. The largest absolute Gasteiger partial charge is 0.383 e. The topological polar surface area (TPSA) is 82.2 Å². The minimum absolute atomic E-state index is 0.0729. The van der Waals surface area contributed by atoms with E-state index in [1.54, 1.807) is 11.8 Å². The van der Waals surface area contributed by atoms with Crippen LogP contribution in [-0.2, 0) is 22.6 Å². The van der Waals surface area contributed by atoms with Gasteiger partial charge in [0, 0.05) is 31.5 Å². The molecule has 17 heavy (non-hydrogen) atoms.